The van der Waals surface area contributed by atoms with Gasteiger partial charge in [0.15, 0.2) is 11.5 Å². The third-order valence-corrected chi connectivity index (χ3v) is 4.47. The van der Waals surface area contributed by atoms with E-state index in [1.165, 1.54) is 22.3 Å². The molecule has 24 heavy (non-hydrogen) atoms. The monoisotopic (exact) mass is 319 g/mol. The summed E-state index contributed by atoms with van der Waals surface area (Å²) in [7, 11) is 0. The number of hydrogen-bond donors (Lipinski definition) is 1. The van der Waals surface area contributed by atoms with Gasteiger partial charge in [-0.2, -0.15) is 0 Å². The van der Waals surface area contributed by atoms with Crippen LogP contribution in [-0.2, 0) is 16.0 Å². The zero-order valence-electron chi connectivity index (χ0n) is 13.6. The normalized spacial score (nSPS) is 16.2. The molecule has 0 amide bonds. The smallest absolute Gasteiger partial charge is 0.231 e. The maximum Gasteiger partial charge on any atom is 0.231 e. The maximum absolute atomic E-state index is 5.59. The fourth-order valence-electron chi connectivity index (χ4n) is 3.18. The minimum absolute atomic E-state index is 0.353. The van der Waals surface area contributed by atoms with E-state index >= 15 is 0 Å². The number of fused-ring (bicyclic) bond motifs is 1. The topological polar surface area (TPSA) is 30.5 Å². The molecule has 1 aliphatic carbocycles. The van der Waals surface area contributed by atoms with Crippen LogP contribution in [-0.4, -0.2) is 13.3 Å². The van der Waals surface area contributed by atoms with E-state index in [0.717, 1.165) is 37.4 Å². The second-order valence-corrected chi connectivity index (χ2v) is 6.11. The molecule has 1 fully saturated rings. The van der Waals surface area contributed by atoms with E-state index in [4.69, 9.17) is 9.47 Å². The van der Waals surface area contributed by atoms with Gasteiger partial charge < -0.3 is 14.8 Å². The summed E-state index contributed by atoms with van der Waals surface area (Å²) in [6.45, 7) is 2.05. The molecule has 3 nitrogen and oxygen atoms in total. The highest BCUT2D eigenvalue weighted by Crippen LogP contribution is 2.31. The number of hydrogen-bond acceptors (Lipinski definition) is 3. The van der Waals surface area contributed by atoms with Gasteiger partial charge in [-0.3, -0.25) is 0 Å². The lowest BCUT2D eigenvalue weighted by Crippen LogP contribution is -2.19. The Hall–Kier alpha value is -2.52. The first-order valence-corrected chi connectivity index (χ1v) is 8.43. The molecule has 0 saturated carbocycles. The number of ether oxygens (including phenoxy) is 2. The van der Waals surface area contributed by atoms with Gasteiger partial charge in [0.1, 0.15) is 0 Å². The molecule has 1 heterocycles. The number of nitrogens with one attached hydrogen (secondary N) is 1. The SMILES string of the molecule is C1=C2OCOC2=C(CNCc2ccc(-c3ccccc3)cc2)CC1. The zero-order valence-corrected chi connectivity index (χ0v) is 13.6. The van der Waals surface area contributed by atoms with Crippen molar-refractivity contribution in [2.45, 2.75) is 19.4 Å². The summed E-state index contributed by atoms with van der Waals surface area (Å²) in [4.78, 5) is 0. The van der Waals surface area contributed by atoms with Gasteiger partial charge in [-0.15, -0.1) is 0 Å². The van der Waals surface area contributed by atoms with E-state index in [1.54, 1.807) is 0 Å². The fourth-order valence-corrected chi connectivity index (χ4v) is 3.18. The van der Waals surface area contributed by atoms with Crippen molar-refractivity contribution in [3.8, 4) is 11.1 Å². The van der Waals surface area contributed by atoms with Crippen molar-refractivity contribution in [2.75, 3.05) is 13.3 Å². The third kappa shape index (κ3) is 3.22. The van der Waals surface area contributed by atoms with Crippen LogP contribution in [0.3, 0.4) is 0 Å². The Bertz CT molecular complexity index is 760. The van der Waals surface area contributed by atoms with Crippen molar-refractivity contribution >= 4 is 0 Å². The van der Waals surface area contributed by atoms with Gasteiger partial charge in [0, 0.05) is 13.1 Å². The van der Waals surface area contributed by atoms with E-state index in [-0.39, 0.29) is 0 Å². The van der Waals surface area contributed by atoms with Gasteiger partial charge >= 0.3 is 0 Å². The van der Waals surface area contributed by atoms with Crippen molar-refractivity contribution in [2.24, 2.45) is 0 Å². The number of benzene rings is 2. The van der Waals surface area contributed by atoms with Gasteiger partial charge in [-0.05, 0) is 41.2 Å². The summed E-state index contributed by atoms with van der Waals surface area (Å²) < 4.78 is 11.0. The standard InChI is InChI=1S/C21H21NO2/c1-2-5-17(6-3-1)18-11-9-16(10-12-18)13-22-14-19-7-4-8-20-21(19)24-15-23-20/h1-3,5-6,8-12,22H,4,7,13-15H2. The van der Waals surface area contributed by atoms with Crippen LogP contribution in [0.1, 0.15) is 18.4 Å². The first kappa shape index (κ1) is 15.0. The van der Waals surface area contributed by atoms with Crippen LogP contribution in [0.15, 0.2) is 77.8 Å². The molecular formula is C21H21NO2. The van der Waals surface area contributed by atoms with Crippen LogP contribution >= 0.6 is 0 Å². The maximum atomic E-state index is 5.59. The molecule has 3 heteroatoms. The van der Waals surface area contributed by atoms with Crippen LogP contribution in [0.4, 0.5) is 0 Å². The molecule has 1 saturated heterocycles. The molecule has 0 radical (unpaired) electrons. The molecule has 0 aromatic heterocycles. The van der Waals surface area contributed by atoms with E-state index in [1.807, 2.05) is 6.07 Å². The Kier molecular flexibility index (Phi) is 4.34. The predicted molar refractivity (Wildman–Crippen MR) is 95.0 cm³/mol. The molecule has 1 aliphatic heterocycles. The van der Waals surface area contributed by atoms with E-state index in [2.05, 4.69) is 59.9 Å². The van der Waals surface area contributed by atoms with Crippen LogP contribution in [0.2, 0.25) is 0 Å². The van der Waals surface area contributed by atoms with E-state index < -0.39 is 0 Å². The molecule has 122 valence electrons. The molecule has 2 aliphatic rings. The highest BCUT2D eigenvalue weighted by Gasteiger charge is 2.23. The van der Waals surface area contributed by atoms with Crippen LogP contribution in [0, 0.1) is 0 Å². The second-order valence-electron chi connectivity index (χ2n) is 6.11. The molecule has 0 bridgehead atoms. The lowest BCUT2D eigenvalue weighted by atomic mass is 10.0. The summed E-state index contributed by atoms with van der Waals surface area (Å²) >= 11 is 0. The number of rotatable bonds is 5. The van der Waals surface area contributed by atoms with Crippen LogP contribution < -0.4 is 5.32 Å². The number of allylic oxidation sites excluding steroid dienone is 1. The molecule has 1 N–H and O–H groups in total. The summed E-state index contributed by atoms with van der Waals surface area (Å²) in [5.41, 5.74) is 5.10. The van der Waals surface area contributed by atoms with Crippen LogP contribution in [0.5, 0.6) is 0 Å². The van der Waals surface area contributed by atoms with E-state index in [9.17, 15) is 0 Å². The largest absolute Gasteiger partial charge is 0.454 e. The molecule has 4 rings (SSSR count). The average Bonchev–Trinajstić information content (AvgIpc) is 3.13. The highest BCUT2D eigenvalue weighted by atomic mass is 16.7. The Balaban J connectivity index is 1.36. The summed E-state index contributed by atoms with van der Waals surface area (Å²) in [6.07, 6.45) is 4.20. The van der Waals surface area contributed by atoms with Crippen molar-refractivity contribution in [3.05, 3.63) is 83.3 Å². The van der Waals surface area contributed by atoms with Crippen LogP contribution in [0.25, 0.3) is 11.1 Å². The van der Waals surface area contributed by atoms with Crippen molar-refractivity contribution < 1.29 is 9.47 Å². The Morgan fingerprint density at radius 1 is 0.833 bits per heavy atom. The van der Waals surface area contributed by atoms with Gasteiger partial charge in [0.25, 0.3) is 0 Å². The predicted octanol–water partition coefficient (Wildman–Crippen LogP) is 4.38. The zero-order chi connectivity index (χ0) is 16.2. The first-order valence-electron chi connectivity index (χ1n) is 8.43. The lowest BCUT2D eigenvalue weighted by Gasteiger charge is -2.14. The Morgan fingerprint density at radius 3 is 2.46 bits per heavy atom. The van der Waals surface area contributed by atoms with Crippen molar-refractivity contribution in [3.63, 3.8) is 0 Å². The summed E-state index contributed by atoms with van der Waals surface area (Å²) in [5.74, 6) is 1.87. The van der Waals surface area contributed by atoms with Crippen molar-refractivity contribution in [1.29, 1.82) is 0 Å². The van der Waals surface area contributed by atoms with Crippen molar-refractivity contribution in [1.82, 2.24) is 5.32 Å². The second kappa shape index (κ2) is 6.93. The molecule has 0 unspecified atom stereocenters. The van der Waals surface area contributed by atoms with Gasteiger partial charge in [-0.1, -0.05) is 54.6 Å². The first-order chi connectivity index (χ1) is 11.9. The Morgan fingerprint density at radius 2 is 1.62 bits per heavy atom. The van der Waals surface area contributed by atoms with E-state index in [0.29, 0.717) is 6.79 Å². The lowest BCUT2D eigenvalue weighted by molar-refractivity contribution is 0.0971. The molecule has 2 aromatic carbocycles. The molecule has 0 atom stereocenters. The highest BCUT2D eigenvalue weighted by molar-refractivity contribution is 5.63. The summed E-state index contributed by atoms with van der Waals surface area (Å²) in [5, 5.41) is 3.52. The quantitative estimate of drug-likeness (QED) is 0.887. The minimum Gasteiger partial charge on any atom is -0.454 e. The molecular weight excluding hydrogens is 298 g/mol. The third-order valence-electron chi connectivity index (χ3n) is 4.47. The fraction of sp³-hybridized carbons (Fsp3) is 0.238. The average molecular weight is 319 g/mol. The van der Waals surface area contributed by atoms with Gasteiger partial charge in [-0.25, -0.2) is 0 Å². The summed E-state index contributed by atoms with van der Waals surface area (Å²) in [6, 6.07) is 19.2. The molecule has 0 spiro atoms. The minimum atomic E-state index is 0.353. The molecule has 2 aromatic rings. The Labute approximate surface area is 142 Å². The van der Waals surface area contributed by atoms with Gasteiger partial charge in [0.2, 0.25) is 6.79 Å². The van der Waals surface area contributed by atoms with Gasteiger partial charge in [0.05, 0.1) is 0 Å².